The van der Waals surface area contributed by atoms with Crippen molar-refractivity contribution in [3.63, 3.8) is 0 Å². The quantitative estimate of drug-likeness (QED) is 0.804. The van der Waals surface area contributed by atoms with Crippen molar-refractivity contribution in [3.8, 4) is 6.07 Å². The molecule has 84 valence electrons. The molecule has 1 atom stereocenters. The zero-order valence-corrected chi connectivity index (χ0v) is 9.28. The fourth-order valence-corrected chi connectivity index (χ4v) is 1.79. The van der Waals surface area contributed by atoms with Gasteiger partial charge in [-0.3, -0.25) is 9.36 Å². The van der Waals surface area contributed by atoms with Gasteiger partial charge >= 0.3 is 0 Å². The second-order valence-corrected chi connectivity index (χ2v) is 3.75. The molecule has 17 heavy (non-hydrogen) atoms. The molecule has 0 unspecified atom stereocenters. The third kappa shape index (κ3) is 2.43. The third-order valence-electron chi connectivity index (χ3n) is 2.65. The van der Waals surface area contributed by atoms with E-state index in [-0.39, 0.29) is 12.3 Å². The first-order valence-corrected chi connectivity index (χ1v) is 5.42. The van der Waals surface area contributed by atoms with E-state index in [1.807, 2.05) is 30.3 Å². The summed E-state index contributed by atoms with van der Waals surface area (Å²) < 4.78 is 1.52. The molecule has 1 aromatic carbocycles. The Morgan fingerprint density at radius 3 is 2.41 bits per heavy atom. The van der Waals surface area contributed by atoms with Gasteiger partial charge in [0.05, 0.1) is 18.4 Å². The Bertz CT molecular complexity index is 523. The van der Waals surface area contributed by atoms with Crippen molar-refractivity contribution in [3.05, 3.63) is 60.4 Å². The summed E-state index contributed by atoms with van der Waals surface area (Å²) in [5.41, 5.74) is 0.882. The third-order valence-corrected chi connectivity index (χ3v) is 2.65. The van der Waals surface area contributed by atoms with Crippen molar-refractivity contribution < 1.29 is 4.79 Å². The minimum absolute atomic E-state index is 0.0669. The summed E-state index contributed by atoms with van der Waals surface area (Å²) in [6, 6.07) is 15.1. The van der Waals surface area contributed by atoms with Gasteiger partial charge in [-0.25, -0.2) is 0 Å². The van der Waals surface area contributed by atoms with Gasteiger partial charge in [-0.15, -0.1) is 0 Å². The Morgan fingerprint density at radius 1 is 1.18 bits per heavy atom. The zero-order valence-electron chi connectivity index (χ0n) is 9.28. The maximum absolute atomic E-state index is 12.2. The molecular formula is C14H12N2O. The minimum atomic E-state index is -0.395. The Hall–Kier alpha value is -2.34. The molecule has 0 fully saturated rings. The summed E-state index contributed by atoms with van der Waals surface area (Å²) in [5.74, 6) is -0.462. The molecule has 0 saturated carbocycles. The van der Waals surface area contributed by atoms with Crippen molar-refractivity contribution in [2.45, 2.75) is 12.3 Å². The fourth-order valence-electron chi connectivity index (χ4n) is 1.79. The first-order chi connectivity index (χ1) is 8.33. The minimum Gasteiger partial charge on any atom is -0.294 e. The molecule has 0 aliphatic rings. The number of nitriles is 1. The number of hydrogen-bond donors (Lipinski definition) is 0. The maximum Gasteiger partial charge on any atom is 0.239 e. The van der Waals surface area contributed by atoms with Crippen molar-refractivity contribution in [2.75, 3.05) is 0 Å². The lowest BCUT2D eigenvalue weighted by molar-refractivity contribution is 0.0879. The highest BCUT2D eigenvalue weighted by atomic mass is 16.2. The van der Waals surface area contributed by atoms with Crippen molar-refractivity contribution >= 4 is 5.91 Å². The summed E-state index contributed by atoms with van der Waals surface area (Å²) in [6.45, 7) is 0. The summed E-state index contributed by atoms with van der Waals surface area (Å²) in [7, 11) is 0. The van der Waals surface area contributed by atoms with Gasteiger partial charge in [-0.05, 0) is 17.7 Å². The van der Waals surface area contributed by atoms with Crippen LogP contribution in [0.3, 0.4) is 0 Å². The molecule has 0 radical (unpaired) electrons. The second kappa shape index (κ2) is 5.13. The number of hydrogen-bond acceptors (Lipinski definition) is 2. The number of carbonyl (C=O) groups excluding carboxylic acids is 1. The smallest absolute Gasteiger partial charge is 0.239 e. The number of nitrogens with zero attached hydrogens (tertiary/aromatic N) is 2. The van der Waals surface area contributed by atoms with E-state index in [4.69, 9.17) is 5.26 Å². The monoisotopic (exact) mass is 224 g/mol. The first-order valence-electron chi connectivity index (χ1n) is 5.42. The molecule has 1 aromatic heterocycles. The lowest BCUT2D eigenvalue weighted by Crippen LogP contribution is -2.18. The van der Waals surface area contributed by atoms with Crippen LogP contribution in [0.5, 0.6) is 0 Å². The molecule has 3 heteroatoms. The van der Waals surface area contributed by atoms with Crippen LogP contribution < -0.4 is 0 Å². The van der Waals surface area contributed by atoms with Crippen LogP contribution in [0, 0.1) is 11.3 Å². The Kier molecular flexibility index (Phi) is 3.37. The predicted octanol–water partition coefficient (Wildman–Crippen LogP) is 2.83. The molecular weight excluding hydrogens is 212 g/mol. The number of aromatic nitrogens is 1. The topological polar surface area (TPSA) is 45.8 Å². The molecule has 1 heterocycles. The van der Waals surface area contributed by atoms with Crippen LogP contribution in [0.2, 0.25) is 0 Å². The summed E-state index contributed by atoms with van der Waals surface area (Å²) in [5, 5.41) is 8.83. The van der Waals surface area contributed by atoms with Crippen molar-refractivity contribution in [1.29, 1.82) is 5.26 Å². The van der Waals surface area contributed by atoms with Gasteiger partial charge in [0.2, 0.25) is 5.91 Å². The van der Waals surface area contributed by atoms with E-state index in [9.17, 15) is 4.79 Å². The van der Waals surface area contributed by atoms with Crippen LogP contribution in [-0.4, -0.2) is 10.5 Å². The van der Waals surface area contributed by atoms with E-state index in [2.05, 4.69) is 6.07 Å². The first kappa shape index (κ1) is 11.2. The standard InChI is InChI=1S/C14H12N2O/c15-9-8-13(12-6-2-1-3-7-12)14(17)16-10-4-5-11-16/h1-7,10-11,13H,8H2/t13-/m1/s1. The molecule has 2 aromatic rings. The molecule has 0 N–H and O–H groups in total. The SMILES string of the molecule is N#CC[C@@H](C(=O)n1cccc1)c1ccccc1. The molecule has 0 aliphatic heterocycles. The zero-order chi connectivity index (χ0) is 12.1. The number of rotatable bonds is 3. The van der Waals surface area contributed by atoms with Crippen LogP contribution in [-0.2, 0) is 0 Å². The lowest BCUT2D eigenvalue weighted by Gasteiger charge is -2.13. The highest BCUT2D eigenvalue weighted by Crippen LogP contribution is 2.21. The Morgan fingerprint density at radius 2 is 1.82 bits per heavy atom. The van der Waals surface area contributed by atoms with Crippen molar-refractivity contribution in [1.82, 2.24) is 4.57 Å². The second-order valence-electron chi connectivity index (χ2n) is 3.75. The molecule has 0 aliphatic carbocycles. The van der Waals surface area contributed by atoms with Gasteiger partial charge in [-0.1, -0.05) is 30.3 Å². The average Bonchev–Trinajstić information content (AvgIpc) is 2.90. The van der Waals surface area contributed by atoms with Gasteiger partial charge in [0.25, 0.3) is 0 Å². The van der Waals surface area contributed by atoms with Crippen LogP contribution in [0.25, 0.3) is 0 Å². The van der Waals surface area contributed by atoms with Gasteiger partial charge in [0.15, 0.2) is 0 Å². The van der Waals surface area contributed by atoms with Gasteiger partial charge in [0, 0.05) is 12.4 Å². The van der Waals surface area contributed by atoms with E-state index in [0.29, 0.717) is 0 Å². The van der Waals surface area contributed by atoms with Gasteiger partial charge < -0.3 is 0 Å². The molecule has 0 bridgehead atoms. The normalized spacial score (nSPS) is 11.7. The van der Waals surface area contributed by atoms with E-state index in [0.717, 1.165) is 5.56 Å². The summed E-state index contributed by atoms with van der Waals surface area (Å²) >= 11 is 0. The average molecular weight is 224 g/mol. The highest BCUT2D eigenvalue weighted by Gasteiger charge is 2.20. The van der Waals surface area contributed by atoms with Gasteiger partial charge in [0.1, 0.15) is 0 Å². The predicted molar refractivity (Wildman–Crippen MR) is 64.5 cm³/mol. The maximum atomic E-state index is 12.2. The number of benzene rings is 1. The molecule has 2 rings (SSSR count). The van der Waals surface area contributed by atoms with E-state index in [1.165, 1.54) is 4.57 Å². The summed E-state index contributed by atoms with van der Waals surface area (Å²) in [4.78, 5) is 12.2. The van der Waals surface area contributed by atoms with Crippen LogP contribution >= 0.6 is 0 Å². The highest BCUT2D eigenvalue weighted by molar-refractivity contribution is 5.86. The number of carbonyl (C=O) groups is 1. The molecule has 0 spiro atoms. The fraction of sp³-hybridized carbons (Fsp3) is 0.143. The summed E-state index contributed by atoms with van der Waals surface area (Å²) in [6.07, 6.45) is 3.60. The van der Waals surface area contributed by atoms with Gasteiger partial charge in [-0.2, -0.15) is 5.26 Å². The van der Waals surface area contributed by atoms with E-state index in [1.54, 1.807) is 24.5 Å². The van der Waals surface area contributed by atoms with E-state index < -0.39 is 5.92 Å². The molecule has 0 saturated heterocycles. The largest absolute Gasteiger partial charge is 0.294 e. The Labute approximate surface area is 99.9 Å². The van der Waals surface area contributed by atoms with Crippen molar-refractivity contribution in [2.24, 2.45) is 0 Å². The lowest BCUT2D eigenvalue weighted by atomic mass is 9.95. The Balaban J connectivity index is 2.31. The molecule has 0 amide bonds. The van der Waals surface area contributed by atoms with Crippen LogP contribution in [0.4, 0.5) is 0 Å². The van der Waals surface area contributed by atoms with Crippen LogP contribution in [0.1, 0.15) is 22.7 Å². The molecule has 3 nitrogen and oxygen atoms in total. The van der Waals surface area contributed by atoms with Crippen LogP contribution in [0.15, 0.2) is 54.9 Å². The van der Waals surface area contributed by atoms with E-state index >= 15 is 0 Å².